The first kappa shape index (κ1) is 18.1. The minimum absolute atomic E-state index is 0.146. The number of anilines is 1. The molecule has 2 heterocycles. The van der Waals surface area contributed by atoms with Crippen LogP contribution in [0.5, 0.6) is 0 Å². The van der Waals surface area contributed by atoms with Crippen molar-refractivity contribution in [3.8, 4) is 0 Å². The summed E-state index contributed by atoms with van der Waals surface area (Å²) in [4.78, 5) is 19.3. The fraction of sp³-hybridized carbons (Fsp3) is 0.692. The summed E-state index contributed by atoms with van der Waals surface area (Å²) in [7, 11) is -2.07. The monoisotopic (exact) mass is 361 g/mol. The van der Waals surface area contributed by atoms with Crippen LogP contribution >= 0.6 is 11.3 Å². The highest BCUT2D eigenvalue weighted by atomic mass is 32.2. The Bertz CT molecular complexity index is 623. The van der Waals surface area contributed by atoms with E-state index in [4.69, 9.17) is 0 Å². The molecule has 0 saturated carbocycles. The number of aromatic nitrogens is 1. The van der Waals surface area contributed by atoms with Crippen LogP contribution in [0, 0.1) is 0 Å². The maximum Gasteiger partial charge on any atom is 0.323 e. The fourth-order valence-electron chi connectivity index (χ4n) is 2.38. The molecule has 3 N–H and O–H groups in total. The zero-order valence-corrected chi connectivity index (χ0v) is 15.0. The fourth-order valence-corrected chi connectivity index (χ4v) is 4.07. The van der Waals surface area contributed by atoms with Crippen LogP contribution in [-0.2, 0) is 16.6 Å². The van der Waals surface area contributed by atoms with Gasteiger partial charge in [-0.15, -0.1) is 11.3 Å². The molecule has 0 atom stereocenters. The number of nitrogens with one attached hydrogen (secondary N) is 3. The predicted octanol–water partition coefficient (Wildman–Crippen LogP) is 1.15. The van der Waals surface area contributed by atoms with Crippen molar-refractivity contribution in [1.29, 1.82) is 0 Å². The van der Waals surface area contributed by atoms with Crippen LogP contribution in [0.25, 0.3) is 0 Å². The van der Waals surface area contributed by atoms with Gasteiger partial charge in [-0.3, -0.25) is 5.32 Å². The molecule has 8 nitrogen and oxygen atoms in total. The van der Waals surface area contributed by atoms with E-state index in [2.05, 4.69) is 26.7 Å². The van der Waals surface area contributed by atoms with Gasteiger partial charge in [-0.2, -0.15) is 13.1 Å². The van der Waals surface area contributed by atoms with Crippen LogP contribution in [0.4, 0.5) is 9.93 Å². The molecule has 1 aromatic heterocycles. The smallest absolute Gasteiger partial charge is 0.323 e. The molecule has 2 rings (SSSR count). The van der Waals surface area contributed by atoms with Gasteiger partial charge in [0.05, 0.1) is 0 Å². The summed E-state index contributed by atoms with van der Waals surface area (Å²) >= 11 is 1.49. The summed E-state index contributed by atoms with van der Waals surface area (Å²) in [6.45, 7) is 3.12. The van der Waals surface area contributed by atoms with Crippen LogP contribution in [0.15, 0.2) is 6.20 Å². The van der Waals surface area contributed by atoms with Crippen LogP contribution in [0.3, 0.4) is 0 Å². The largest absolute Gasteiger partial charge is 0.324 e. The van der Waals surface area contributed by atoms with Gasteiger partial charge in [0.2, 0.25) is 0 Å². The Morgan fingerprint density at radius 3 is 2.74 bits per heavy atom. The van der Waals surface area contributed by atoms with Gasteiger partial charge in [0.15, 0.2) is 5.13 Å². The van der Waals surface area contributed by atoms with Crippen molar-refractivity contribution in [2.45, 2.75) is 38.6 Å². The summed E-state index contributed by atoms with van der Waals surface area (Å²) in [5, 5.41) is 3.42. The third kappa shape index (κ3) is 5.41. The third-order valence-electron chi connectivity index (χ3n) is 3.64. The lowest BCUT2D eigenvalue weighted by atomic mass is 10.1. The zero-order chi connectivity index (χ0) is 16.9. The zero-order valence-electron chi connectivity index (χ0n) is 13.3. The summed E-state index contributed by atoms with van der Waals surface area (Å²) in [6, 6.07) is -0.329. The third-order valence-corrected chi connectivity index (χ3v) is 5.79. The van der Waals surface area contributed by atoms with Crippen LogP contribution in [0.2, 0.25) is 0 Å². The first-order chi connectivity index (χ1) is 10.9. The lowest BCUT2D eigenvalue weighted by Gasteiger charge is -2.31. The Morgan fingerprint density at radius 2 is 2.13 bits per heavy atom. The number of urea groups is 1. The molecule has 0 bridgehead atoms. The number of carbonyl (C=O) groups excluding carboxylic acids is 1. The number of thiazole rings is 1. The van der Waals surface area contributed by atoms with Crippen LogP contribution in [-0.4, -0.2) is 50.5 Å². The minimum Gasteiger partial charge on any atom is -0.324 e. The average molecular weight is 361 g/mol. The SMILES string of the molecule is CCCc1cnc(NC(=O)N2CCC(NS(=O)(=O)NC)CC2)s1. The van der Waals surface area contributed by atoms with Crippen molar-refractivity contribution >= 4 is 32.7 Å². The van der Waals surface area contributed by atoms with Crippen molar-refractivity contribution in [1.82, 2.24) is 19.3 Å². The lowest BCUT2D eigenvalue weighted by molar-refractivity contribution is 0.193. The Kier molecular flexibility index (Phi) is 6.33. The van der Waals surface area contributed by atoms with Gasteiger partial charge in [0, 0.05) is 37.3 Å². The van der Waals surface area contributed by atoms with E-state index in [0.29, 0.717) is 31.1 Å². The first-order valence-electron chi connectivity index (χ1n) is 7.65. The van der Waals surface area contributed by atoms with E-state index >= 15 is 0 Å². The van der Waals surface area contributed by atoms with Crippen LogP contribution < -0.4 is 14.8 Å². The number of aryl methyl sites for hydroxylation is 1. The standard InChI is InChI=1S/C13H23N5O3S2/c1-3-4-11-9-15-12(22-11)16-13(19)18-7-5-10(6-8-18)17-23(20,21)14-2/h9-10,14,17H,3-8H2,1-2H3,(H,15,16,19). The number of hydrogen-bond donors (Lipinski definition) is 3. The molecular formula is C13H23N5O3S2. The second kappa shape index (κ2) is 8.04. The molecule has 0 unspecified atom stereocenters. The summed E-state index contributed by atoms with van der Waals surface area (Å²) < 4.78 is 27.7. The van der Waals surface area contributed by atoms with E-state index in [1.807, 2.05) is 0 Å². The molecule has 0 radical (unpaired) electrons. The summed E-state index contributed by atoms with van der Waals surface area (Å²) in [5.41, 5.74) is 0. The van der Waals surface area contributed by atoms with E-state index in [0.717, 1.165) is 17.7 Å². The number of piperidine rings is 1. The Labute approximate surface area is 140 Å². The summed E-state index contributed by atoms with van der Waals surface area (Å²) in [5.74, 6) is 0. The molecular weight excluding hydrogens is 338 g/mol. The van der Waals surface area contributed by atoms with Gasteiger partial charge < -0.3 is 4.90 Å². The Hall–Kier alpha value is -1.23. The average Bonchev–Trinajstić information content (AvgIpc) is 2.95. The molecule has 0 aliphatic carbocycles. The highest BCUT2D eigenvalue weighted by Gasteiger charge is 2.25. The number of likely N-dealkylation sites (tertiary alicyclic amines) is 1. The predicted molar refractivity (Wildman–Crippen MR) is 90.8 cm³/mol. The van der Waals surface area contributed by atoms with E-state index in [1.165, 1.54) is 18.4 Å². The molecule has 1 aromatic rings. The van der Waals surface area contributed by atoms with Crippen molar-refractivity contribution in [3.63, 3.8) is 0 Å². The van der Waals surface area contributed by atoms with E-state index < -0.39 is 10.2 Å². The summed E-state index contributed by atoms with van der Waals surface area (Å²) in [6.07, 6.45) is 4.99. The van der Waals surface area contributed by atoms with Crippen molar-refractivity contribution in [2.24, 2.45) is 0 Å². The highest BCUT2D eigenvalue weighted by molar-refractivity contribution is 7.87. The van der Waals surface area contributed by atoms with Crippen molar-refractivity contribution in [2.75, 3.05) is 25.5 Å². The van der Waals surface area contributed by atoms with Gasteiger partial charge in [-0.1, -0.05) is 13.3 Å². The van der Waals surface area contributed by atoms with Gasteiger partial charge in [0.1, 0.15) is 0 Å². The number of rotatable bonds is 6. The molecule has 0 spiro atoms. The van der Waals surface area contributed by atoms with Gasteiger partial charge >= 0.3 is 6.03 Å². The maximum absolute atomic E-state index is 12.2. The molecule has 2 amide bonds. The molecule has 1 saturated heterocycles. The van der Waals surface area contributed by atoms with Crippen molar-refractivity contribution < 1.29 is 13.2 Å². The van der Waals surface area contributed by atoms with Gasteiger partial charge in [0.25, 0.3) is 10.2 Å². The number of carbonyl (C=O) groups is 1. The quantitative estimate of drug-likeness (QED) is 0.707. The minimum atomic E-state index is -3.44. The number of nitrogens with zero attached hydrogens (tertiary/aromatic N) is 2. The second-order valence-corrected chi connectivity index (χ2v) is 8.16. The maximum atomic E-state index is 12.2. The first-order valence-corrected chi connectivity index (χ1v) is 9.95. The van der Waals surface area contributed by atoms with E-state index in [1.54, 1.807) is 11.1 Å². The molecule has 10 heteroatoms. The van der Waals surface area contributed by atoms with E-state index in [-0.39, 0.29) is 12.1 Å². The lowest BCUT2D eigenvalue weighted by Crippen LogP contribution is -2.49. The Balaban J connectivity index is 1.81. The van der Waals surface area contributed by atoms with Gasteiger partial charge in [-0.05, 0) is 19.3 Å². The van der Waals surface area contributed by atoms with Crippen molar-refractivity contribution in [3.05, 3.63) is 11.1 Å². The normalized spacial score (nSPS) is 16.5. The van der Waals surface area contributed by atoms with Crippen LogP contribution in [0.1, 0.15) is 31.1 Å². The second-order valence-electron chi connectivity index (χ2n) is 5.40. The molecule has 1 aliphatic rings. The highest BCUT2D eigenvalue weighted by Crippen LogP contribution is 2.20. The number of hydrogen-bond acceptors (Lipinski definition) is 5. The van der Waals surface area contributed by atoms with E-state index in [9.17, 15) is 13.2 Å². The Morgan fingerprint density at radius 1 is 1.43 bits per heavy atom. The number of amides is 2. The molecule has 1 fully saturated rings. The molecule has 130 valence electrons. The molecule has 0 aromatic carbocycles. The molecule has 23 heavy (non-hydrogen) atoms. The topological polar surface area (TPSA) is 103 Å². The van der Waals surface area contributed by atoms with Gasteiger partial charge in [-0.25, -0.2) is 14.5 Å². The molecule has 1 aliphatic heterocycles.